The Kier molecular flexibility index (Phi) is 6.26. The van der Waals surface area contributed by atoms with E-state index in [0.717, 1.165) is 16.9 Å². The molecule has 0 bridgehead atoms. The van der Waals surface area contributed by atoms with Gasteiger partial charge in [0, 0.05) is 29.3 Å². The van der Waals surface area contributed by atoms with Gasteiger partial charge in [-0.1, -0.05) is 29.8 Å². The van der Waals surface area contributed by atoms with Crippen molar-refractivity contribution in [1.82, 2.24) is 9.55 Å². The summed E-state index contributed by atoms with van der Waals surface area (Å²) in [4.78, 5) is 16.5. The van der Waals surface area contributed by atoms with Gasteiger partial charge < -0.3 is 15.2 Å². The van der Waals surface area contributed by atoms with E-state index in [-0.39, 0.29) is 18.0 Å². The molecule has 0 fully saturated rings. The Morgan fingerprint density at radius 3 is 2.54 bits per heavy atom. The predicted octanol–water partition coefficient (Wildman–Crippen LogP) is 3.53. The smallest absolute Gasteiger partial charge is 0.230 e. The summed E-state index contributed by atoms with van der Waals surface area (Å²) in [5.41, 5.74) is 5.52. The Bertz CT molecular complexity index is 916. The average Bonchev–Trinajstić information content (AvgIpc) is 3.18. The van der Waals surface area contributed by atoms with Crippen molar-refractivity contribution >= 4 is 11.6 Å². The number of carbonyl (C=O) groups excluding carboxylic acids is 1. The molecule has 0 spiro atoms. The van der Waals surface area contributed by atoms with Crippen molar-refractivity contribution in [3.8, 4) is 5.69 Å². The van der Waals surface area contributed by atoms with Gasteiger partial charge in [0.05, 0.1) is 18.8 Å². The SMILES string of the molecule is Cc1ccc(NC(=O)C[C@H](C)[NH2+][C@@H](C)c2ccc(-n3ccnc3)cc2)c(C)c1. The molecule has 1 amide bonds. The number of nitrogens with two attached hydrogens (primary N) is 1. The van der Waals surface area contributed by atoms with Gasteiger partial charge in [0.15, 0.2) is 0 Å². The fourth-order valence-electron chi connectivity index (χ4n) is 3.48. The average molecular weight is 378 g/mol. The number of amides is 1. The first-order valence-electron chi connectivity index (χ1n) is 9.73. The van der Waals surface area contributed by atoms with Crippen molar-refractivity contribution in [3.05, 3.63) is 77.9 Å². The number of aromatic nitrogens is 2. The molecular weight excluding hydrogens is 348 g/mol. The van der Waals surface area contributed by atoms with Crippen LogP contribution in [-0.2, 0) is 4.79 Å². The molecule has 146 valence electrons. The van der Waals surface area contributed by atoms with Gasteiger partial charge in [-0.15, -0.1) is 0 Å². The number of quaternary nitrogens is 1. The zero-order valence-electron chi connectivity index (χ0n) is 17.0. The minimum Gasteiger partial charge on any atom is -0.338 e. The maximum Gasteiger partial charge on any atom is 0.230 e. The lowest BCUT2D eigenvalue weighted by Gasteiger charge is -2.18. The molecule has 3 aromatic rings. The van der Waals surface area contributed by atoms with E-state index in [2.05, 4.69) is 66.7 Å². The molecule has 2 atom stereocenters. The summed E-state index contributed by atoms with van der Waals surface area (Å²) in [6.07, 6.45) is 5.97. The van der Waals surface area contributed by atoms with Gasteiger partial charge in [-0.25, -0.2) is 4.98 Å². The van der Waals surface area contributed by atoms with E-state index in [9.17, 15) is 4.79 Å². The molecule has 0 saturated carbocycles. The molecule has 5 heteroatoms. The number of hydrogen-bond acceptors (Lipinski definition) is 2. The second-order valence-electron chi connectivity index (χ2n) is 7.59. The molecule has 0 aliphatic heterocycles. The van der Waals surface area contributed by atoms with Gasteiger partial charge >= 0.3 is 0 Å². The first-order valence-corrected chi connectivity index (χ1v) is 9.73. The van der Waals surface area contributed by atoms with Crippen LogP contribution in [0.5, 0.6) is 0 Å². The lowest BCUT2D eigenvalue weighted by molar-refractivity contribution is -0.721. The Morgan fingerprint density at radius 2 is 1.89 bits per heavy atom. The summed E-state index contributed by atoms with van der Waals surface area (Å²) in [7, 11) is 0. The normalized spacial score (nSPS) is 13.1. The van der Waals surface area contributed by atoms with Crippen LogP contribution in [0.4, 0.5) is 5.69 Å². The maximum absolute atomic E-state index is 12.4. The van der Waals surface area contributed by atoms with Gasteiger partial charge in [0.1, 0.15) is 6.04 Å². The number of rotatable bonds is 7. The molecule has 5 nitrogen and oxygen atoms in total. The highest BCUT2D eigenvalue weighted by Crippen LogP contribution is 2.17. The minimum atomic E-state index is 0.0540. The standard InChI is InChI=1S/C23H28N4O/c1-16-5-10-22(17(2)13-16)26-23(28)14-18(3)25-19(4)20-6-8-21(9-7-20)27-12-11-24-15-27/h5-13,15,18-19,25H,14H2,1-4H3,(H,26,28)/p+1/t18-,19-/m0/s1. The van der Waals surface area contributed by atoms with Crippen LogP contribution in [0, 0.1) is 13.8 Å². The highest BCUT2D eigenvalue weighted by molar-refractivity contribution is 5.91. The third-order valence-electron chi connectivity index (χ3n) is 5.00. The van der Waals surface area contributed by atoms with E-state index >= 15 is 0 Å². The summed E-state index contributed by atoms with van der Waals surface area (Å²) in [5.74, 6) is 0.0540. The van der Waals surface area contributed by atoms with E-state index in [1.807, 2.05) is 29.8 Å². The van der Waals surface area contributed by atoms with Crippen LogP contribution < -0.4 is 10.6 Å². The Hall–Kier alpha value is -2.92. The van der Waals surface area contributed by atoms with Crippen LogP contribution in [0.15, 0.2) is 61.2 Å². The number of nitrogens with one attached hydrogen (secondary N) is 1. The number of benzene rings is 2. The molecule has 0 saturated heterocycles. The van der Waals surface area contributed by atoms with Gasteiger partial charge in [-0.2, -0.15) is 0 Å². The molecule has 28 heavy (non-hydrogen) atoms. The largest absolute Gasteiger partial charge is 0.338 e. The maximum atomic E-state index is 12.4. The molecular formula is C23H29N4O+. The van der Waals surface area contributed by atoms with Crippen LogP contribution in [0.3, 0.4) is 0 Å². The van der Waals surface area contributed by atoms with E-state index in [4.69, 9.17) is 0 Å². The second kappa shape index (κ2) is 8.85. The Morgan fingerprint density at radius 1 is 1.14 bits per heavy atom. The molecule has 1 heterocycles. The number of hydrogen-bond donors (Lipinski definition) is 2. The van der Waals surface area contributed by atoms with E-state index in [1.54, 1.807) is 12.5 Å². The van der Waals surface area contributed by atoms with E-state index in [1.165, 1.54) is 11.1 Å². The number of aryl methyl sites for hydroxylation is 2. The first-order chi connectivity index (χ1) is 13.4. The number of imidazole rings is 1. The third-order valence-corrected chi connectivity index (χ3v) is 5.00. The lowest BCUT2D eigenvalue weighted by atomic mass is 10.1. The molecule has 2 aromatic carbocycles. The zero-order chi connectivity index (χ0) is 20.1. The zero-order valence-corrected chi connectivity index (χ0v) is 17.0. The molecule has 3 N–H and O–H groups in total. The number of carbonyl (C=O) groups is 1. The molecule has 0 aliphatic carbocycles. The monoisotopic (exact) mass is 377 g/mol. The van der Waals surface area contributed by atoms with E-state index in [0.29, 0.717) is 6.42 Å². The van der Waals surface area contributed by atoms with Crippen molar-refractivity contribution in [2.24, 2.45) is 0 Å². The topological polar surface area (TPSA) is 63.5 Å². The fourth-order valence-corrected chi connectivity index (χ4v) is 3.48. The van der Waals surface area contributed by atoms with Gasteiger partial charge in [-0.3, -0.25) is 4.79 Å². The van der Waals surface area contributed by atoms with Crippen molar-refractivity contribution < 1.29 is 10.1 Å². The molecule has 0 aliphatic rings. The van der Waals surface area contributed by atoms with Crippen LogP contribution in [0.1, 0.15) is 43.0 Å². The van der Waals surface area contributed by atoms with Crippen molar-refractivity contribution in [1.29, 1.82) is 0 Å². The van der Waals surface area contributed by atoms with Crippen LogP contribution in [0.2, 0.25) is 0 Å². The number of anilines is 1. The minimum absolute atomic E-state index is 0.0540. The second-order valence-corrected chi connectivity index (χ2v) is 7.59. The van der Waals surface area contributed by atoms with Gasteiger partial charge in [0.2, 0.25) is 5.91 Å². The van der Waals surface area contributed by atoms with Crippen LogP contribution in [-0.4, -0.2) is 21.5 Å². The summed E-state index contributed by atoms with van der Waals surface area (Å²) in [5, 5.41) is 5.28. The molecule has 1 aromatic heterocycles. The fraction of sp³-hybridized carbons (Fsp3) is 0.304. The lowest BCUT2D eigenvalue weighted by Crippen LogP contribution is -2.89. The summed E-state index contributed by atoms with van der Waals surface area (Å²) in [6, 6.07) is 15.0. The molecule has 0 radical (unpaired) electrons. The highest BCUT2D eigenvalue weighted by Gasteiger charge is 2.17. The van der Waals surface area contributed by atoms with Crippen LogP contribution in [0.25, 0.3) is 5.69 Å². The van der Waals surface area contributed by atoms with Gasteiger partial charge in [0.25, 0.3) is 0 Å². The Balaban J connectivity index is 1.53. The predicted molar refractivity (Wildman–Crippen MR) is 113 cm³/mol. The molecule has 0 unspecified atom stereocenters. The van der Waals surface area contributed by atoms with E-state index < -0.39 is 0 Å². The van der Waals surface area contributed by atoms with Crippen molar-refractivity contribution in [2.45, 2.75) is 46.2 Å². The Labute approximate surface area is 166 Å². The summed E-state index contributed by atoms with van der Waals surface area (Å²) >= 11 is 0. The van der Waals surface area contributed by atoms with Crippen molar-refractivity contribution in [2.75, 3.05) is 5.32 Å². The highest BCUT2D eigenvalue weighted by atomic mass is 16.1. The molecule has 3 rings (SSSR count). The first kappa shape index (κ1) is 19.8. The quantitative estimate of drug-likeness (QED) is 0.662. The van der Waals surface area contributed by atoms with Crippen LogP contribution >= 0.6 is 0 Å². The summed E-state index contributed by atoms with van der Waals surface area (Å²) < 4.78 is 1.98. The third kappa shape index (κ3) is 5.08. The summed E-state index contributed by atoms with van der Waals surface area (Å²) in [6.45, 7) is 8.34. The van der Waals surface area contributed by atoms with Crippen molar-refractivity contribution in [3.63, 3.8) is 0 Å². The number of nitrogens with zero attached hydrogens (tertiary/aromatic N) is 2. The van der Waals surface area contributed by atoms with Gasteiger partial charge in [-0.05, 0) is 51.5 Å².